The summed E-state index contributed by atoms with van der Waals surface area (Å²) in [5.74, 6) is 0. The third kappa shape index (κ3) is 3.12. The van der Waals surface area contributed by atoms with Crippen LogP contribution in [0.3, 0.4) is 0 Å². The van der Waals surface area contributed by atoms with E-state index in [0.717, 1.165) is 6.54 Å². The summed E-state index contributed by atoms with van der Waals surface area (Å²) in [6, 6.07) is 4.70. The van der Waals surface area contributed by atoms with Crippen molar-refractivity contribution in [2.45, 2.75) is 46.1 Å². The number of piperidine rings is 1. The van der Waals surface area contributed by atoms with Gasteiger partial charge in [-0.3, -0.25) is 0 Å². The van der Waals surface area contributed by atoms with Gasteiger partial charge in [0.1, 0.15) is 0 Å². The zero-order chi connectivity index (χ0) is 13.1. The molecule has 1 heterocycles. The molecule has 18 heavy (non-hydrogen) atoms. The Bertz CT molecular complexity index is 406. The number of nitrogens with two attached hydrogens (primary N) is 1. The lowest BCUT2D eigenvalue weighted by Crippen LogP contribution is -2.36. The van der Waals surface area contributed by atoms with Crippen molar-refractivity contribution in [1.29, 1.82) is 0 Å². The summed E-state index contributed by atoms with van der Waals surface area (Å²) >= 11 is 0. The smallest absolute Gasteiger partial charge is 0.0427 e. The van der Waals surface area contributed by atoms with E-state index in [9.17, 15) is 0 Å². The quantitative estimate of drug-likeness (QED) is 0.888. The maximum absolute atomic E-state index is 6.40. The van der Waals surface area contributed by atoms with Gasteiger partial charge in [0.25, 0.3) is 0 Å². The first-order chi connectivity index (χ1) is 8.58. The van der Waals surface area contributed by atoms with Crippen molar-refractivity contribution < 1.29 is 0 Å². The maximum Gasteiger partial charge on any atom is 0.0427 e. The van der Waals surface area contributed by atoms with E-state index in [1.54, 1.807) is 0 Å². The van der Waals surface area contributed by atoms with Gasteiger partial charge < -0.3 is 10.6 Å². The van der Waals surface area contributed by atoms with Gasteiger partial charge in [-0.05, 0) is 69.0 Å². The Morgan fingerprint density at radius 2 is 1.61 bits per heavy atom. The fourth-order valence-electron chi connectivity index (χ4n) is 2.90. The largest absolute Gasteiger partial charge is 0.323 e. The van der Waals surface area contributed by atoms with Crippen molar-refractivity contribution >= 4 is 0 Å². The van der Waals surface area contributed by atoms with Crippen LogP contribution in [-0.2, 0) is 0 Å². The van der Waals surface area contributed by atoms with Gasteiger partial charge in [-0.1, -0.05) is 18.6 Å². The number of nitrogens with zero attached hydrogens (tertiary/aromatic N) is 1. The van der Waals surface area contributed by atoms with Gasteiger partial charge in [-0.15, -0.1) is 0 Å². The normalized spacial score (nSPS) is 18.9. The van der Waals surface area contributed by atoms with Gasteiger partial charge in [-0.25, -0.2) is 0 Å². The second kappa shape index (κ2) is 5.85. The van der Waals surface area contributed by atoms with E-state index in [-0.39, 0.29) is 6.04 Å². The predicted octanol–water partition coefficient (Wildman–Crippen LogP) is 3.10. The van der Waals surface area contributed by atoms with Crippen LogP contribution in [0.15, 0.2) is 12.1 Å². The van der Waals surface area contributed by atoms with Gasteiger partial charge in [0.05, 0.1) is 0 Å². The van der Waals surface area contributed by atoms with Gasteiger partial charge in [-0.2, -0.15) is 0 Å². The predicted molar refractivity (Wildman–Crippen MR) is 77.9 cm³/mol. The molecule has 1 saturated heterocycles. The molecule has 2 rings (SSSR count). The average Bonchev–Trinajstić information content (AvgIpc) is 2.35. The monoisotopic (exact) mass is 246 g/mol. The Balaban J connectivity index is 2.08. The van der Waals surface area contributed by atoms with E-state index in [2.05, 4.69) is 37.8 Å². The zero-order valence-electron chi connectivity index (χ0n) is 12.0. The molecule has 0 radical (unpaired) electrons. The van der Waals surface area contributed by atoms with Gasteiger partial charge in [0, 0.05) is 12.6 Å². The molecule has 100 valence electrons. The first-order valence-corrected chi connectivity index (χ1v) is 7.13. The number of benzene rings is 1. The lowest BCUT2D eigenvalue weighted by Gasteiger charge is -2.29. The number of likely N-dealkylation sites (tertiary alicyclic amines) is 1. The van der Waals surface area contributed by atoms with Crippen molar-refractivity contribution in [3.63, 3.8) is 0 Å². The standard InChI is InChI=1S/C16H26N2/c1-12-9-14(3)15(10-13(12)2)16(17)11-18-7-5-4-6-8-18/h9-10,16H,4-8,11,17H2,1-3H3. The zero-order valence-corrected chi connectivity index (χ0v) is 12.0. The number of hydrogen-bond donors (Lipinski definition) is 1. The van der Waals surface area contributed by atoms with E-state index in [1.165, 1.54) is 54.6 Å². The number of rotatable bonds is 3. The Morgan fingerprint density at radius 3 is 2.28 bits per heavy atom. The molecule has 1 aliphatic rings. The molecule has 0 aliphatic carbocycles. The van der Waals surface area contributed by atoms with Crippen LogP contribution in [-0.4, -0.2) is 24.5 Å². The van der Waals surface area contributed by atoms with Gasteiger partial charge in [0.15, 0.2) is 0 Å². The second-order valence-corrected chi connectivity index (χ2v) is 5.76. The van der Waals surface area contributed by atoms with Crippen LogP contribution in [0.1, 0.15) is 47.6 Å². The highest BCUT2D eigenvalue weighted by Crippen LogP contribution is 2.22. The Kier molecular flexibility index (Phi) is 4.41. The van der Waals surface area contributed by atoms with Gasteiger partial charge >= 0.3 is 0 Å². The second-order valence-electron chi connectivity index (χ2n) is 5.76. The summed E-state index contributed by atoms with van der Waals surface area (Å²) in [4.78, 5) is 2.52. The fraction of sp³-hybridized carbons (Fsp3) is 0.625. The van der Waals surface area contributed by atoms with Crippen LogP contribution in [0.2, 0.25) is 0 Å². The molecule has 0 saturated carbocycles. The molecule has 2 heteroatoms. The van der Waals surface area contributed by atoms with Crippen LogP contribution in [0, 0.1) is 20.8 Å². The summed E-state index contributed by atoms with van der Waals surface area (Å²) in [5.41, 5.74) is 11.8. The first kappa shape index (κ1) is 13.6. The lowest BCUT2D eigenvalue weighted by atomic mass is 9.95. The molecule has 0 aromatic heterocycles. The average molecular weight is 246 g/mol. The van der Waals surface area contributed by atoms with Crippen molar-refractivity contribution in [3.05, 3.63) is 34.4 Å². The van der Waals surface area contributed by atoms with E-state index in [1.807, 2.05) is 0 Å². The molecule has 1 unspecified atom stereocenters. The van der Waals surface area contributed by atoms with Crippen LogP contribution in [0.4, 0.5) is 0 Å². The molecule has 0 bridgehead atoms. The highest BCUT2D eigenvalue weighted by Gasteiger charge is 2.16. The molecule has 0 spiro atoms. The molecular formula is C16H26N2. The first-order valence-electron chi connectivity index (χ1n) is 7.13. The molecular weight excluding hydrogens is 220 g/mol. The molecule has 2 nitrogen and oxygen atoms in total. The molecule has 1 aromatic carbocycles. The highest BCUT2D eigenvalue weighted by atomic mass is 15.1. The van der Waals surface area contributed by atoms with Crippen LogP contribution >= 0.6 is 0 Å². The highest BCUT2D eigenvalue weighted by molar-refractivity contribution is 5.38. The molecule has 0 amide bonds. The van der Waals surface area contributed by atoms with Crippen molar-refractivity contribution in [2.75, 3.05) is 19.6 Å². The molecule has 1 aliphatic heterocycles. The van der Waals surface area contributed by atoms with E-state index >= 15 is 0 Å². The molecule has 1 fully saturated rings. The third-order valence-electron chi connectivity index (χ3n) is 4.19. The minimum absolute atomic E-state index is 0.155. The summed E-state index contributed by atoms with van der Waals surface area (Å²) in [6.07, 6.45) is 4.05. The SMILES string of the molecule is Cc1cc(C)c(C(N)CN2CCCCC2)cc1C. The molecule has 1 atom stereocenters. The summed E-state index contributed by atoms with van der Waals surface area (Å²) in [6.45, 7) is 9.96. The van der Waals surface area contributed by atoms with E-state index in [0.29, 0.717) is 0 Å². The van der Waals surface area contributed by atoms with Crippen molar-refractivity contribution in [2.24, 2.45) is 5.73 Å². The Hall–Kier alpha value is -0.860. The van der Waals surface area contributed by atoms with E-state index in [4.69, 9.17) is 5.73 Å². The van der Waals surface area contributed by atoms with Crippen LogP contribution in [0.25, 0.3) is 0 Å². The minimum atomic E-state index is 0.155. The van der Waals surface area contributed by atoms with Gasteiger partial charge in [0.2, 0.25) is 0 Å². The van der Waals surface area contributed by atoms with Crippen molar-refractivity contribution in [3.8, 4) is 0 Å². The van der Waals surface area contributed by atoms with Crippen LogP contribution in [0.5, 0.6) is 0 Å². The van der Waals surface area contributed by atoms with Crippen molar-refractivity contribution in [1.82, 2.24) is 4.90 Å². The summed E-state index contributed by atoms with van der Waals surface area (Å²) in [5, 5.41) is 0. The lowest BCUT2D eigenvalue weighted by molar-refractivity contribution is 0.216. The summed E-state index contributed by atoms with van der Waals surface area (Å²) in [7, 11) is 0. The fourth-order valence-corrected chi connectivity index (χ4v) is 2.90. The number of aryl methyl sites for hydroxylation is 3. The summed E-state index contributed by atoms with van der Waals surface area (Å²) < 4.78 is 0. The number of hydrogen-bond acceptors (Lipinski definition) is 2. The van der Waals surface area contributed by atoms with E-state index < -0.39 is 0 Å². The van der Waals surface area contributed by atoms with Crippen LogP contribution < -0.4 is 5.73 Å². The third-order valence-corrected chi connectivity index (χ3v) is 4.19. The Labute approximate surface area is 111 Å². The topological polar surface area (TPSA) is 29.3 Å². The molecule has 2 N–H and O–H groups in total. The maximum atomic E-state index is 6.40. The Morgan fingerprint density at radius 1 is 1.00 bits per heavy atom. The molecule has 1 aromatic rings. The minimum Gasteiger partial charge on any atom is -0.323 e.